The molecule has 1 fully saturated rings. The van der Waals surface area contributed by atoms with Crippen LogP contribution in [0, 0.1) is 0 Å². The molecule has 0 aromatic heterocycles. The molecule has 1 heterocycles. The molecular formula is C18H24ClN3O4. The van der Waals surface area contributed by atoms with E-state index in [9.17, 15) is 19.5 Å². The maximum atomic E-state index is 12.2. The van der Waals surface area contributed by atoms with Gasteiger partial charge < -0.3 is 25.9 Å². The van der Waals surface area contributed by atoms with Crippen LogP contribution in [-0.4, -0.2) is 43.0 Å². The zero-order valence-corrected chi connectivity index (χ0v) is 15.4. The summed E-state index contributed by atoms with van der Waals surface area (Å²) in [5.41, 5.74) is 0.848. The number of rotatable bonds is 8. The van der Waals surface area contributed by atoms with E-state index in [0.29, 0.717) is 5.02 Å². The molecule has 3 atom stereocenters. The number of amides is 2. The second-order valence-electron chi connectivity index (χ2n) is 6.58. The van der Waals surface area contributed by atoms with E-state index in [0.717, 1.165) is 24.9 Å². The van der Waals surface area contributed by atoms with Crippen LogP contribution in [-0.2, 0) is 14.4 Å². The number of carboxylic acid groups (broad SMARTS) is 1. The normalized spacial score (nSPS) is 18.8. The van der Waals surface area contributed by atoms with Crippen LogP contribution in [0.3, 0.4) is 0 Å². The van der Waals surface area contributed by atoms with Crippen molar-refractivity contribution in [2.24, 2.45) is 0 Å². The molecular weight excluding hydrogens is 358 g/mol. The smallest absolute Gasteiger partial charge is 0.278 e. The van der Waals surface area contributed by atoms with Gasteiger partial charge in [0.2, 0.25) is 5.91 Å². The molecule has 0 unspecified atom stereocenters. The summed E-state index contributed by atoms with van der Waals surface area (Å²) in [7, 11) is 0. The van der Waals surface area contributed by atoms with Gasteiger partial charge in [0.15, 0.2) is 6.04 Å². The van der Waals surface area contributed by atoms with Crippen LogP contribution in [0.15, 0.2) is 24.3 Å². The lowest BCUT2D eigenvalue weighted by molar-refractivity contribution is -0.657. The molecule has 4 N–H and O–H groups in total. The Morgan fingerprint density at radius 1 is 1.31 bits per heavy atom. The van der Waals surface area contributed by atoms with Gasteiger partial charge in [0.25, 0.3) is 5.91 Å². The number of halogens is 1. The lowest BCUT2D eigenvalue weighted by atomic mass is 9.95. The fraction of sp³-hybridized carbons (Fsp3) is 0.500. The monoisotopic (exact) mass is 381 g/mol. The van der Waals surface area contributed by atoms with Crippen molar-refractivity contribution in [1.29, 1.82) is 0 Å². The first-order valence-electron chi connectivity index (χ1n) is 8.73. The van der Waals surface area contributed by atoms with Crippen LogP contribution < -0.4 is 21.1 Å². The third-order valence-corrected chi connectivity index (χ3v) is 4.79. The van der Waals surface area contributed by atoms with Crippen LogP contribution in [0.2, 0.25) is 5.02 Å². The van der Waals surface area contributed by atoms with Gasteiger partial charge in [-0.25, -0.2) is 0 Å². The highest BCUT2D eigenvalue weighted by atomic mass is 35.5. The van der Waals surface area contributed by atoms with Crippen molar-refractivity contribution in [2.45, 2.75) is 44.2 Å². The van der Waals surface area contributed by atoms with Gasteiger partial charge in [-0.2, -0.15) is 0 Å². The molecule has 0 bridgehead atoms. The maximum Gasteiger partial charge on any atom is 0.278 e. The van der Waals surface area contributed by atoms with E-state index < -0.39 is 17.9 Å². The lowest BCUT2D eigenvalue weighted by Crippen LogP contribution is -2.89. The Kier molecular flexibility index (Phi) is 7.41. The van der Waals surface area contributed by atoms with Gasteiger partial charge in [0.1, 0.15) is 0 Å². The predicted octanol–water partition coefficient (Wildman–Crippen LogP) is -1.09. The van der Waals surface area contributed by atoms with Crippen LogP contribution in [0.1, 0.15) is 37.7 Å². The molecule has 2 rings (SSSR count). The number of nitrogens with two attached hydrogens (primary N) is 1. The minimum absolute atomic E-state index is 0.0371. The maximum absolute atomic E-state index is 12.2. The van der Waals surface area contributed by atoms with E-state index in [2.05, 4.69) is 10.6 Å². The highest BCUT2D eigenvalue weighted by Gasteiger charge is 2.27. The zero-order valence-electron chi connectivity index (χ0n) is 14.7. The second kappa shape index (κ2) is 9.54. The van der Waals surface area contributed by atoms with Gasteiger partial charge in [-0.1, -0.05) is 23.7 Å². The van der Waals surface area contributed by atoms with Crippen molar-refractivity contribution in [3.63, 3.8) is 0 Å². The molecule has 26 heavy (non-hydrogen) atoms. The van der Waals surface area contributed by atoms with Crippen LogP contribution in [0.4, 0.5) is 0 Å². The first-order valence-corrected chi connectivity index (χ1v) is 9.11. The molecule has 0 saturated carbocycles. The first kappa shape index (κ1) is 20.2. The van der Waals surface area contributed by atoms with E-state index in [1.54, 1.807) is 24.3 Å². The fourth-order valence-electron chi connectivity index (χ4n) is 2.99. The Labute approximate surface area is 157 Å². The van der Waals surface area contributed by atoms with Gasteiger partial charge in [-0.3, -0.25) is 9.59 Å². The van der Waals surface area contributed by atoms with Gasteiger partial charge >= 0.3 is 0 Å². The first-order chi connectivity index (χ1) is 12.4. The predicted molar refractivity (Wildman–Crippen MR) is 94.2 cm³/mol. The van der Waals surface area contributed by atoms with Crippen molar-refractivity contribution >= 4 is 29.4 Å². The number of carbonyl (C=O) groups is 3. The summed E-state index contributed by atoms with van der Waals surface area (Å²) in [6.07, 6.45) is 1.91. The van der Waals surface area contributed by atoms with Gasteiger partial charge in [-0.15, -0.1) is 0 Å². The van der Waals surface area contributed by atoms with Crippen molar-refractivity contribution in [3.05, 3.63) is 34.9 Å². The summed E-state index contributed by atoms with van der Waals surface area (Å²) in [5, 5.41) is 18.7. The molecule has 1 aliphatic heterocycles. The Hall–Kier alpha value is -2.12. The number of aliphatic carboxylic acids is 1. The van der Waals surface area contributed by atoms with Gasteiger partial charge in [-0.05, 0) is 24.6 Å². The number of quaternary nitrogens is 1. The summed E-state index contributed by atoms with van der Waals surface area (Å²) in [5.74, 6) is -2.08. The van der Waals surface area contributed by atoms with E-state index >= 15 is 0 Å². The second-order valence-corrected chi connectivity index (χ2v) is 7.02. The largest absolute Gasteiger partial charge is 0.548 e. The quantitative estimate of drug-likeness (QED) is 0.530. The van der Waals surface area contributed by atoms with E-state index in [-0.39, 0.29) is 30.8 Å². The molecule has 7 nitrogen and oxygen atoms in total. The summed E-state index contributed by atoms with van der Waals surface area (Å²) in [4.78, 5) is 35.2. The molecule has 2 amide bonds. The molecule has 1 saturated heterocycles. The zero-order chi connectivity index (χ0) is 19.1. The molecule has 1 aromatic carbocycles. The van der Waals surface area contributed by atoms with E-state index in [4.69, 9.17) is 11.6 Å². The summed E-state index contributed by atoms with van der Waals surface area (Å²) in [6.45, 7) is 2.59. The Morgan fingerprint density at radius 3 is 2.58 bits per heavy atom. The Bertz CT molecular complexity index is 644. The van der Waals surface area contributed by atoms with Crippen molar-refractivity contribution in [3.8, 4) is 0 Å². The number of hydrogen-bond acceptors (Lipinski definition) is 4. The number of nitrogens with one attached hydrogen (secondary N) is 2. The van der Waals surface area contributed by atoms with Crippen molar-refractivity contribution < 1.29 is 24.8 Å². The topological polar surface area (TPSA) is 115 Å². The SMILES string of the molecule is C[C@H](NC(=O)C[C@@H](CNC(=O)[C@@H]1CCC[NH2+]1)c1ccc(Cl)cc1)C(=O)[O-]. The average molecular weight is 382 g/mol. The van der Waals surface area contributed by atoms with Crippen LogP contribution in [0.5, 0.6) is 0 Å². The highest BCUT2D eigenvalue weighted by molar-refractivity contribution is 6.30. The number of carboxylic acids is 1. The van der Waals surface area contributed by atoms with Crippen LogP contribution >= 0.6 is 11.6 Å². The molecule has 1 aromatic rings. The standard InChI is InChI=1S/C18H24ClN3O4/c1-11(18(25)26)22-16(23)9-13(12-4-6-14(19)7-5-12)10-21-17(24)15-3-2-8-20-15/h4-7,11,13,15,20H,2-3,8-10H2,1H3,(H,21,24)(H,22,23)(H,25,26)/t11-,13-,15-/m0/s1. The van der Waals surface area contributed by atoms with Crippen molar-refractivity contribution in [1.82, 2.24) is 10.6 Å². The van der Waals surface area contributed by atoms with Gasteiger partial charge in [0, 0.05) is 36.7 Å². The third-order valence-electron chi connectivity index (χ3n) is 4.53. The molecule has 1 aliphatic rings. The summed E-state index contributed by atoms with van der Waals surface area (Å²) < 4.78 is 0. The molecule has 0 spiro atoms. The minimum Gasteiger partial charge on any atom is -0.548 e. The fourth-order valence-corrected chi connectivity index (χ4v) is 3.12. The molecule has 0 aliphatic carbocycles. The average Bonchev–Trinajstić information content (AvgIpc) is 3.13. The summed E-state index contributed by atoms with van der Waals surface area (Å²) >= 11 is 5.91. The molecule has 0 radical (unpaired) electrons. The molecule has 8 heteroatoms. The minimum atomic E-state index is -1.34. The van der Waals surface area contributed by atoms with Crippen LogP contribution in [0.25, 0.3) is 0 Å². The number of hydrogen-bond donors (Lipinski definition) is 3. The highest BCUT2D eigenvalue weighted by Crippen LogP contribution is 2.21. The van der Waals surface area contributed by atoms with Gasteiger partial charge in [0.05, 0.1) is 18.6 Å². The van der Waals surface area contributed by atoms with E-state index in [1.807, 2.05) is 5.32 Å². The number of carbonyl (C=O) groups excluding carboxylic acids is 3. The Balaban J connectivity index is 2.01. The number of benzene rings is 1. The lowest BCUT2D eigenvalue weighted by Gasteiger charge is -2.21. The van der Waals surface area contributed by atoms with E-state index in [1.165, 1.54) is 6.92 Å². The van der Waals surface area contributed by atoms with Crippen molar-refractivity contribution in [2.75, 3.05) is 13.1 Å². The molecule has 142 valence electrons. The Morgan fingerprint density at radius 2 is 2.00 bits per heavy atom. The summed E-state index contributed by atoms with van der Waals surface area (Å²) in [6, 6.07) is 5.90. The third kappa shape index (κ3) is 6.00.